The van der Waals surface area contributed by atoms with Gasteiger partial charge in [-0.3, -0.25) is 10.1 Å². The van der Waals surface area contributed by atoms with E-state index < -0.39 is 28.0 Å². The smallest absolute Gasteiger partial charge is 0.331 e. The van der Waals surface area contributed by atoms with Gasteiger partial charge in [-0.1, -0.05) is 6.07 Å². The predicted molar refractivity (Wildman–Crippen MR) is 72.6 cm³/mol. The number of rotatable bonds is 3. The van der Waals surface area contributed by atoms with Gasteiger partial charge in [-0.2, -0.15) is 4.39 Å². The normalized spacial score (nSPS) is 12.2. The van der Waals surface area contributed by atoms with Crippen LogP contribution in [0.5, 0.6) is 0 Å². The second-order valence-electron chi connectivity index (χ2n) is 5.28. The molecule has 0 spiro atoms. The molecule has 0 radical (unpaired) electrons. The molecule has 0 bridgehead atoms. The van der Waals surface area contributed by atoms with Crippen LogP contribution in [0, 0.1) is 15.9 Å². The summed E-state index contributed by atoms with van der Waals surface area (Å²) in [5.74, 6) is -1.47. The largest absolute Gasteiger partial charge is 0.457 e. The minimum Gasteiger partial charge on any atom is -0.457 e. The molecule has 0 fully saturated rings. The van der Waals surface area contributed by atoms with Crippen molar-refractivity contribution in [3.8, 4) is 0 Å². The van der Waals surface area contributed by atoms with Gasteiger partial charge in [-0.05, 0) is 44.9 Å². The molecule has 20 heavy (non-hydrogen) atoms. The van der Waals surface area contributed by atoms with Crippen molar-refractivity contribution in [3.63, 3.8) is 0 Å². The van der Waals surface area contributed by atoms with Crippen LogP contribution < -0.4 is 0 Å². The minimum absolute atomic E-state index is 0.393. The molecule has 108 valence electrons. The van der Waals surface area contributed by atoms with Crippen LogP contribution in [0.4, 0.5) is 10.1 Å². The molecule has 5 nitrogen and oxygen atoms in total. The van der Waals surface area contributed by atoms with Gasteiger partial charge >= 0.3 is 11.7 Å². The fraction of sp³-hybridized carbons (Fsp3) is 0.357. The van der Waals surface area contributed by atoms with Crippen molar-refractivity contribution < 1.29 is 18.8 Å². The molecule has 6 heteroatoms. The molecule has 1 aromatic carbocycles. The highest BCUT2D eigenvalue weighted by Crippen LogP contribution is 2.23. The maximum absolute atomic E-state index is 13.2. The lowest BCUT2D eigenvalue weighted by atomic mass is 10.1. The van der Waals surface area contributed by atoms with E-state index in [-0.39, 0.29) is 0 Å². The second-order valence-corrected chi connectivity index (χ2v) is 5.28. The lowest BCUT2D eigenvalue weighted by molar-refractivity contribution is -0.387. The zero-order chi connectivity index (χ0) is 15.5. The van der Waals surface area contributed by atoms with Gasteiger partial charge in [0.15, 0.2) is 0 Å². The third-order valence-corrected chi connectivity index (χ3v) is 2.34. The highest BCUT2D eigenvalue weighted by Gasteiger charge is 2.17. The van der Waals surface area contributed by atoms with E-state index in [0.717, 1.165) is 12.1 Å². The maximum atomic E-state index is 13.2. The third kappa shape index (κ3) is 4.46. The zero-order valence-corrected chi connectivity index (χ0v) is 11.8. The van der Waals surface area contributed by atoms with E-state index in [1.807, 2.05) is 0 Å². The van der Waals surface area contributed by atoms with Gasteiger partial charge in [0.2, 0.25) is 5.82 Å². The zero-order valence-electron chi connectivity index (χ0n) is 11.8. The highest BCUT2D eigenvalue weighted by molar-refractivity contribution is 5.91. The van der Waals surface area contributed by atoms with Crippen molar-refractivity contribution in [1.82, 2.24) is 0 Å². The van der Waals surface area contributed by atoms with Gasteiger partial charge in [-0.25, -0.2) is 4.79 Å². The lowest BCUT2D eigenvalue weighted by Crippen LogP contribution is -2.22. The first-order valence-electron chi connectivity index (χ1n) is 5.96. The molecule has 0 N–H and O–H groups in total. The Kier molecular flexibility index (Phi) is 4.60. The highest BCUT2D eigenvalue weighted by atomic mass is 19.1. The Bertz CT molecular complexity index is 573. The number of allylic oxidation sites excluding steroid dienone is 1. The van der Waals surface area contributed by atoms with Crippen LogP contribution >= 0.6 is 0 Å². The summed E-state index contributed by atoms with van der Waals surface area (Å²) >= 11 is 0. The molecule has 0 unspecified atom stereocenters. The van der Waals surface area contributed by atoms with Crippen LogP contribution in [0.3, 0.4) is 0 Å². The number of hydrogen-bond acceptors (Lipinski definition) is 4. The molecule has 0 amide bonds. The summed E-state index contributed by atoms with van der Waals surface area (Å²) in [6, 6.07) is 3.46. The fourth-order valence-corrected chi connectivity index (χ4v) is 1.49. The van der Waals surface area contributed by atoms with Crippen LogP contribution in [0.2, 0.25) is 0 Å². The molecule has 1 rings (SSSR count). The fourth-order valence-electron chi connectivity index (χ4n) is 1.49. The predicted octanol–water partition coefficient (Wildman–Crippen LogP) is 3.48. The Labute approximate surface area is 116 Å². The second kappa shape index (κ2) is 5.81. The van der Waals surface area contributed by atoms with E-state index in [1.165, 1.54) is 12.1 Å². The van der Waals surface area contributed by atoms with Crippen molar-refractivity contribution >= 4 is 17.2 Å². The van der Waals surface area contributed by atoms with Crippen molar-refractivity contribution in [2.24, 2.45) is 0 Å². The van der Waals surface area contributed by atoms with E-state index >= 15 is 0 Å². The van der Waals surface area contributed by atoms with Gasteiger partial charge in [0, 0.05) is 12.1 Å². The topological polar surface area (TPSA) is 69.4 Å². The average molecular weight is 281 g/mol. The number of nitrogens with zero attached hydrogens (tertiary/aromatic N) is 1. The molecule has 0 heterocycles. The van der Waals surface area contributed by atoms with Crippen LogP contribution in [0.15, 0.2) is 24.3 Å². The number of halogens is 1. The number of carbonyl (C=O) groups excluding carboxylic acids is 1. The molecule has 0 aromatic heterocycles. The van der Waals surface area contributed by atoms with E-state index in [1.54, 1.807) is 27.7 Å². The number of nitro groups is 1. The Balaban J connectivity index is 3.03. The number of esters is 1. The number of carbonyl (C=O) groups is 1. The van der Waals surface area contributed by atoms with Gasteiger partial charge in [0.05, 0.1) is 4.92 Å². The van der Waals surface area contributed by atoms with Crippen LogP contribution in [-0.2, 0) is 9.53 Å². The van der Waals surface area contributed by atoms with E-state index in [0.29, 0.717) is 11.1 Å². The van der Waals surface area contributed by atoms with Crippen molar-refractivity contribution in [2.45, 2.75) is 33.3 Å². The van der Waals surface area contributed by atoms with E-state index in [9.17, 15) is 19.3 Å². The minimum atomic E-state index is -0.913. The van der Waals surface area contributed by atoms with Crippen LogP contribution in [0.25, 0.3) is 5.57 Å². The summed E-state index contributed by atoms with van der Waals surface area (Å²) in [7, 11) is 0. The average Bonchev–Trinajstić information content (AvgIpc) is 2.26. The first kappa shape index (κ1) is 15.8. The van der Waals surface area contributed by atoms with Gasteiger partial charge in [0.25, 0.3) is 0 Å². The van der Waals surface area contributed by atoms with E-state index in [2.05, 4.69) is 0 Å². The monoisotopic (exact) mass is 281 g/mol. The summed E-state index contributed by atoms with van der Waals surface area (Å²) in [6.07, 6.45) is 1.22. The van der Waals surface area contributed by atoms with Gasteiger partial charge < -0.3 is 4.74 Å². The number of ether oxygens (including phenoxy) is 1. The molecule has 0 saturated carbocycles. The van der Waals surface area contributed by atoms with Crippen LogP contribution in [-0.4, -0.2) is 16.5 Å². The summed E-state index contributed by atoms with van der Waals surface area (Å²) in [5, 5.41) is 10.7. The first-order valence-corrected chi connectivity index (χ1v) is 5.96. The number of hydrogen-bond donors (Lipinski definition) is 0. The van der Waals surface area contributed by atoms with Crippen molar-refractivity contribution in [3.05, 3.63) is 45.8 Å². The number of benzene rings is 1. The molecule has 0 saturated heterocycles. The maximum Gasteiger partial charge on any atom is 0.331 e. The SMILES string of the molecule is CC(=CC(=O)OC(C)(C)C)c1ccc(F)c([N+](=O)[O-])c1. The molecular formula is C14H16FNO4. The summed E-state index contributed by atoms with van der Waals surface area (Å²) < 4.78 is 18.3. The first-order chi connectivity index (χ1) is 9.10. The summed E-state index contributed by atoms with van der Waals surface area (Å²) in [5.41, 5.74) is -0.395. The summed E-state index contributed by atoms with van der Waals surface area (Å²) in [6.45, 7) is 6.80. The van der Waals surface area contributed by atoms with Crippen molar-refractivity contribution in [2.75, 3.05) is 0 Å². The third-order valence-electron chi connectivity index (χ3n) is 2.34. The molecule has 1 aromatic rings. The Hall–Kier alpha value is -2.24. The Morgan fingerprint density at radius 3 is 2.50 bits per heavy atom. The molecular weight excluding hydrogens is 265 g/mol. The number of nitro benzene ring substituents is 1. The molecule has 0 aliphatic rings. The van der Waals surface area contributed by atoms with Crippen LogP contribution in [0.1, 0.15) is 33.3 Å². The van der Waals surface area contributed by atoms with Crippen molar-refractivity contribution in [1.29, 1.82) is 0 Å². The Morgan fingerprint density at radius 2 is 2.00 bits per heavy atom. The molecule has 0 atom stereocenters. The van der Waals surface area contributed by atoms with E-state index in [4.69, 9.17) is 4.74 Å². The standard InChI is InChI=1S/C14H16FNO4/c1-9(7-13(17)20-14(2,3)4)10-5-6-11(15)12(8-10)16(18)19/h5-8H,1-4H3. The lowest BCUT2D eigenvalue weighted by Gasteiger charge is -2.18. The Morgan fingerprint density at radius 1 is 1.40 bits per heavy atom. The molecule has 0 aliphatic carbocycles. The van der Waals surface area contributed by atoms with Gasteiger partial charge in [0.1, 0.15) is 5.60 Å². The molecule has 0 aliphatic heterocycles. The quantitative estimate of drug-likeness (QED) is 0.368. The van der Waals surface area contributed by atoms with Gasteiger partial charge in [-0.15, -0.1) is 0 Å². The summed E-state index contributed by atoms with van der Waals surface area (Å²) in [4.78, 5) is 21.5.